The number of hydrogen-bond acceptors (Lipinski definition) is 5. The van der Waals surface area contributed by atoms with Crippen LogP contribution in [0.4, 0.5) is 5.13 Å². The molecule has 0 fully saturated rings. The molecule has 2 N–H and O–H groups in total. The highest BCUT2D eigenvalue weighted by atomic mass is 32.1. The van der Waals surface area contributed by atoms with Crippen molar-refractivity contribution in [2.75, 3.05) is 11.9 Å². The van der Waals surface area contributed by atoms with Crippen molar-refractivity contribution in [3.8, 4) is 22.4 Å². The number of thiazole rings is 1. The number of carbonyl (C=O) groups is 2. The number of aromatic nitrogens is 1. The number of rotatable bonds is 7. The fourth-order valence-electron chi connectivity index (χ4n) is 2.89. The van der Waals surface area contributed by atoms with Gasteiger partial charge in [0.1, 0.15) is 0 Å². The molecule has 0 radical (unpaired) electrons. The maximum atomic E-state index is 12.1. The minimum absolute atomic E-state index is 0.159. The summed E-state index contributed by atoms with van der Waals surface area (Å²) in [5.41, 5.74) is 4.13. The molecule has 150 valence electrons. The summed E-state index contributed by atoms with van der Waals surface area (Å²) in [5, 5.41) is 9.86. The van der Waals surface area contributed by atoms with Crippen LogP contribution >= 0.6 is 22.7 Å². The Kier molecular flexibility index (Phi) is 6.32. The second kappa shape index (κ2) is 9.47. The van der Waals surface area contributed by atoms with Gasteiger partial charge in [0.05, 0.1) is 10.6 Å². The van der Waals surface area contributed by atoms with E-state index in [1.54, 1.807) is 6.07 Å². The van der Waals surface area contributed by atoms with Crippen molar-refractivity contribution in [3.05, 3.63) is 82.4 Å². The van der Waals surface area contributed by atoms with Crippen LogP contribution in [0.15, 0.2) is 77.5 Å². The van der Waals surface area contributed by atoms with Crippen LogP contribution in [0.25, 0.3) is 22.4 Å². The number of anilines is 1. The van der Waals surface area contributed by atoms with E-state index in [1.807, 2.05) is 47.2 Å². The molecule has 5 nitrogen and oxygen atoms in total. The molecule has 2 aromatic heterocycles. The molecule has 2 aromatic carbocycles. The van der Waals surface area contributed by atoms with Crippen LogP contribution in [0.2, 0.25) is 0 Å². The summed E-state index contributed by atoms with van der Waals surface area (Å²) in [7, 11) is 0. The van der Waals surface area contributed by atoms with E-state index < -0.39 is 0 Å². The van der Waals surface area contributed by atoms with Crippen LogP contribution in [-0.4, -0.2) is 23.3 Å². The second-order valence-electron chi connectivity index (χ2n) is 6.51. The standard InChI is InChI=1S/C23H19N3O2S2/c27-21(12-13-24-22(28)20-7-4-14-29-20)26-23-25-19(15-30-23)18-10-8-17(9-11-18)16-5-2-1-3-6-16/h1-11,14-15H,12-13H2,(H,24,28)(H,25,26,27). The molecule has 0 spiro atoms. The van der Waals surface area contributed by atoms with Crippen molar-refractivity contribution in [3.63, 3.8) is 0 Å². The van der Waals surface area contributed by atoms with Gasteiger partial charge in [0.25, 0.3) is 5.91 Å². The largest absolute Gasteiger partial charge is 0.351 e. The predicted octanol–water partition coefficient (Wildman–Crippen LogP) is 5.30. The minimum atomic E-state index is -0.179. The Morgan fingerprint density at radius 3 is 2.30 bits per heavy atom. The molecular weight excluding hydrogens is 414 g/mol. The monoisotopic (exact) mass is 433 g/mol. The van der Waals surface area contributed by atoms with Gasteiger partial charge in [0.2, 0.25) is 5.91 Å². The summed E-state index contributed by atoms with van der Waals surface area (Å²) in [5.74, 6) is -0.338. The number of thiophene rings is 1. The first-order valence-electron chi connectivity index (χ1n) is 9.42. The molecule has 0 unspecified atom stereocenters. The highest BCUT2D eigenvalue weighted by Gasteiger charge is 2.10. The normalized spacial score (nSPS) is 10.5. The fraction of sp³-hybridized carbons (Fsp3) is 0.0870. The molecule has 4 rings (SSSR count). The zero-order valence-electron chi connectivity index (χ0n) is 16.0. The molecule has 0 saturated heterocycles. The van der Waals surface area contributed by atoms with E-state index in [4.69, 9.17) is 0 Å². The first-order chi connectivity index (χ1) is 14.7. The van der Waals surface area contributed by atoms with E-state index in [9.17, 15) is 9.59 Å². The first kappa shape index (κ1) is 20.0. The van der Waals surface area contributed by atoms with Crippen LogP contribution < -0.4 is 10.6 Å². The highest BCUT2D eigenvalue weighted by molar-refractivity contribution is 7.14. The van der Waals surface area contributed by atoms with E-state index in [0.29, 0.717) is 10.0 Å². The average molecular weight is 434 g/mol. The Morgan fingerprint density at radius 1 is 0.833 bits per heavy atom. The van der Waals surface area contributed by atoms with Gasteiger partial charge in [-0.2, -0.15) is 0 Å². The van der Waals surface area contributed by atoms with Crippen molar-refractivity contribution in [1.82, 2.24) is 10.3 Å². The third-order valence-electron chi connectivity index (χ3n) is 4.42. The molecular formula is C23H19N3O2S2. The van der Waals surface area contributed by atoms with Crippen LogP contribution in [-0.2, 0) is 4.79 Å². The van der Waals surface area contributed by atoms with Crippen LogP contribution in [0, 0.1) is 0 Å². The molecule has 7 heteroatoms. The zero-order valence-corrected chi connectivity index (χ0v) is 17.6. The molecule has 0 atom stereocenters. The van der Waals surface area contributed by atoms with Gasteiger partial charge in [-0.05, 0) is 22.6 Å². The Hall–Kier alpha value is -3.29. The third-order valence-corrected chi connectivity index (χ3v) is 6.05. The SMILES string of the molecule is O=C(CCNC(=O)c1cccs1)Nc1nc(-c2ccc(-c3ccccc3)cc2)cs1. The van der Waals surface area contributed by atoms with Crippen LogP contribution in [0.5, 0.6) is 0 Å². The van der Waals surface area contributed by atoms with Crippen molar-refractivity contribution < 1.29 is 9.59 Å². The van der Waals surface area contributed by atoms with Crippen molar-refractivity contribution in [2.24, 2.45) is 0 Å². The van der Waals surface area contributed by atoms with Gasteiger partial charge in [-0.1, -0.05) is 60.7 Å². The lowest BCUT2D eigenvalue weighted by Crippen LogP contribution is -2.27. The first-order valence-corrected chi connectivity index (χ1v) is 11.2. The Bertz CT molecular complexity index is 1120. The van der Waals surface area contributed by atoms with Gasteiger partial charge in [-0.25, -0.2) is 4.98 Å². The lowest BCUT2D eigenvalue weighted by molar-refractivity contribution is -0.116. The molecule has 0 bridgehead atoms. The van der Waals surface area contributed by atoms with Gasteiger partial charge >= 0.3 is 0 Å². The molecule has 30 heavy (non-hydrogen) atoms. The van der Waals surface area contributed by atoms with E-state index in [0.717, 1.165) is 16.8 Å². The van der Waals surface area contributed by atoms with Crippen LogP contribution in [0.3, 0.4) is 0 Å². The Balaban J connectivity index is 1.30. The molecule has 4 aromatic rings. The van der Waals surface area contributed by atoms with Gasteiger partial charge < -0.3 is 10.6 Å². The van der Waals surface area contributed by atoms with Crippen molar-refractivity contribution >= 4 is 39.6 Å². The van der Waals surface area contributed by atoms with E-state index in [2.05, 4.69) is 39.9 Å². The lowest BCUT2D eigenvalue weighted by atomic mass is 10.0. The fourth-order valence-corrected chi connectivity index (χ4v) is 4.27. The zero-order chi connectivity index (χ0) is 20.8. The Morgan fingerprint density at radius 2 is 1.57 bits per heavy atom. The number of benzene rings is 2. The summed E-state index contributed by atoms with van der Waals surface area (Å²) < 4.78 is 0. The van der Waals surface area contributed by atoms with Crippen LogP contribution in [0.1, 0.15) is 16.1 Å². The number of nitrogens with one attached hydrogen (secondary N) is 2. The summed E-state index contributed by atoms with van der Waals surface area (Å²) in [4.78, 5) is 29.2. The molecule has 2 amide bonds. The molecule has 0 saturated carbocycles. The van der Waals surface area contributed by atoms with E-state index in [-0.39, 0.29) is 24.8 Å². The number of hydrogen-bond donors (Lipinski definition) is 2. The molecule has 2 heterocycles. The average Bonchev–Trinajstić information content (AvgIpc) is 3.47. The van der Waals surface area contributed by atoms with Gasteiger partial charge in [0.15, 0.2) is 5.13 Å². The third kappa shape index (κ3) is 5.00. The minimum Gasteiger partial charge on any atom is -0.351 e. The predicted molar refractivity (Wildman–Crippen MR) is 123 cm³/mol. The summed E-state index contributed by atoms with van der Waals surface area (Å²) in [6.07, 6.45) is 0.192. The van der Waals surface area contributed by atoms with E-state index in [1.165, 1.54) is 28.2 Å². The molecule has 0 aliphatic carbocycles. The Labute approximate surface area is 182 Å². The molecule has 0 aliphatic rings. The maximum absolute atomic E-state index is 12.1. The number of carbonyl (C=O) groups excluding carboxylic acids is 2. The second-order valence-corrected chi connectivity index (χ2v) is 8.32. The van der Waals surface area contributed by atoms with Gasteiger partial charge in [0, 0.05) is 23.9 Å². The van der Waals surface area contributed by atoms with E-state index >= 15 is 0 Å². The summed E-state index contributed by atoms with van der Waals surface area (Å²) in [6, 6.07) is 22.0. The summed E-state index contributed by atoms with van der Waals surface area (Å²) in [6.45, 7) is 0.280. The molecule has 0 aliphatic heterocycles. The number of nitrogens with zero attached hydrogens (tertiary/aromatic N) is 1. The topological polar surface area (TPSA) is 71.1 Å². The lowest BCUT2D eigenvalue weighted by Gasteiger charge is -2.04. The van der Waals surface area contributed by atoms with Crippen molar-refractivity contribution in [2.45, 2.75) is 6.42 Å². The van der Waals surface area contributed by atoms with Gasteiger partial charge in [-0.15, -0.1) is 22.7 Å². The highest BCUT2D eigenvalue weighted by Crippen LogP contribution is 2.27. The number of amides is 2. The van der Waals surface area contributed by atoms with Gasteiger partial charge in [-0.3, -0.25) is 9.59 Å². The maximum Gasteiger partial charge on any atom is 0.261 e. The smallest absolute Gasteiger partial charge is 0.261 e. The summed E-state index contributed by atoms with van der Waals surface area (Å²) >= 11 is 2.75. The quantitative estimate of drug-likeness (QED) is 0.416. The van der Waals surface area contributed by atoms with Crippen molar-refractivity contribution in [1.29, 1.82) is 0 Å².